The van der Waals surface area contributed by atoms with E-state index in [0.29, 0.717) is 51.1 Å². The van der Waals surface area contributed by atoms with Crippen molar-refractivity contribution in [2.24, 2.45) is 7.05 Å². The fraction of sp³-hybridized carbons (Fsp3) is 0.269. The van der Waals surface area contributed by atoms with E-state index >= 15 is 0 Å². The van der Waals surface area contributed by atoms with Crippen LogP contribution in [0.4, 0.5) is 0 Å². The number of thioether (sulfide) groups is 1. The van der Waals surface area contributed by atoms with Gasteiger partial charge in [0.05, 0.1) is 37.6 Å². The van der Waals surface area contributed by atoms with Crippen LogP contribution in [0.2, 0.25) is 0 Å². The zero-order valence-electron chi connectivity index (χ0n) is 20.4. The fourth-order valence-corrected chi connectivity index (χ4v) is 5.02. The fourth-order valence-electron chi connectivity index (χ4n) is 4.15. The molecule has 5 rings (SSSR count). The number of fused-ring (bicyclic) bond motifs is 2. The maximum absolute atomic E-state index is 13.4. The molecular weight excluding hydrogens is 482 g/mol. The first-order valence-corrected chi connectivity index (χ1v) is 12.3. The van der Waals surface area contributed by atoms with E-state index < -0.39 is 5.97 Å². The number of imidazole rings is 1. The van der Waals surface area contributed by atoms with Gasteiger partial charge in [-0.3, -0.25) is 4.98 Å². The Morgan fingerprint density at radius 2 is 1.89 bits per heavy atom. The number of carbonyl (C=O) groups excluding carboxylic acids is 1. The quantitative estimate of drug-likeness (QED) is 0.245. The maximum atomic E-state index is 13.4. The number of nitrogens with zero attached hydrogens (tertiary/aromatic N) is 3. The Labute approximate surface area is 212 Å². The Morgan fingerprint density at radius 1 is 1.11 bits per heavy atom. The van der Waals surface area contributed by atoms with Crippen LogP contribution < -0.4 is 18.9 Å². The van der Waals surface area contributed by atoms with Crippen LogP contribution in [0.1, 0.15) is 23.0 Å². The van der Waals surface area contributed by atoms with E-state index in [0.717, 1.165) is 16.1 Å². The molecule has 10 heteroatoms. The van der Waals surface area contributed by atoms with Crippen LogP contribution in [0, 0.1) is 0 Å². The molecule has 0 atom stereocenters. The molecule has 0 saturated heterocycles. The molecule has 0 bridgehead atoms. The number of methoxy groups -OCH3 is 2. The number of aromatic nitrogens is 3. The van der Waals surface area contributed by atoms with E-state index in [4.69, 9.17) is 28.7 Å². The highest BCUT2D eigenvalue weighted by Crippen LogP contribution is 2.43. The molecule has 2 aromatic heterocycles. The van der Waals surface area contributed by atoms with Gasteiger partial charge >= 0.3 is 5.97 Å². The SMILES string of the molecule is CCOC(=O)c1c(CSc2nccn2C)nc2cc3c(cc2c1-c1ccc(OC)c(OC)c1)OCO3. The summed E-state index contributed by atoms with van der Waals surface area (Å²) < 4.78 is 29.7. The summed E-state index contributed by atoms with van der Waals surface area (Å²) in [7, 11) is 5.08. The molecule has 9 nitrogen and oxygen atoms in total. The van der Waals surface area contributed by atoms with Crippen molar-refractivity contribution in [3.8, 4) is 34.1 Å². The second kappa shape index (κ2) is 9.98. The number of pyridine rings is 1. The number of hydrogen-bond acceptors (Lipinski definition) is 9. The van der Waals surface area contributed by atoms with Crippen LogP contribution >= 0.6 is 11.8 Å². The van der Waals surface area contributed by atoms with E-state index in [1.54, 1.807) is 27.3 Å². The average Bonchev–Trinajstić information content (AvgIpc) is 3.52. The van der Waals surface area contributed by atoms with Gasteiger partial charge in [-0.2, -0.15) is 0 Å². The molecular formula is C26H25N3O6S. The standard InChI is InChI=1S/C26H25N3O6S/c1-5-33-25(30)24-18(13-36-26-27-8-9-29(26)2)28-17-12-22-21(34-14-35-22)11-16(17)23(24)15-6-7-19(31-3)20(10-15)32-4/h6-12H,5,13-14H2,1-4H3. The van der Waals surface area contributed by atoms with Gasteiger partial charge in [0.15, 0.2) is 28.2 Å². The summed E-state index contributed by atoms with van der Waals surface area (Å²) in [6.45, 7) is 2.14. The number of esters is 1. The minimum atomic E-state index is -0.454. The van der Waals surface area contributed by atoms with Crippen molar-refractivity contribution < 1.29 is 28.5 Å². The topological polar surface area (TPSA) is 93.9 Å². The minimum absolute atomic E-state index is 0.129. The third-order valence-electron chi connectivity index (χ3n) is 5.82. The number of ether oxygens (including phenoxy) is 5. The summed E-state index contributed by atoms with van der Waals surface area (Å²) in [5.41, 5.74) is 3.07. The first-order chi connectivity index (χ1) is 17.5. The van der Waals surface area contributed by atoms with E-state index in [1.165, 1.54) is 11.8 Å². The number of benzene rings is 2. The Morgan fingerprint density at radius 3 is 2.58 bits per heavy atom. The molecule has 2 aromatic carbocycles. The average molecular weight is 508 g/mol. The minimum Gasteiger partial charge on any atom is -0.493 e. The van der Waals surface area contributed by atoms with Crippen molar-refractivity contribution >= 4 is 28.6 Å². The predicted octanol–water partition coefficient (Wildman–Crippen LogP) is 4.85. The maximum Gasteiger partial charge on any atom is 0.340 e. The Bertz CT molecular complexity index is 1450. The number of rotatable bonds is 8. The van der Waals surface area contributed by atoms with Crippen LogP contribution in [-0.2, 0) is 17.5 Å². The third kappa shape index (κ3) is 4.28. The summed E-state index contributed by atoms with van der Waals surface area (Å²) in [4.78, 5) is 22.7. The summed E-state index contributed by atoms with van der Waals surface area (Å²) in [5.74, 6) is 2.28. The van der Waals surface area contributed by atoms with Gasteiger partial charge in [0, 0.05) is 42.2 Å². The number of aryl methyl sites for hydroxylation is 1. The van der Waals surface area contributed by atoms with Crippen molar-refractivity contribution in [3.63, 3.8) is 0 Å². The molecule has 0 saturated carbocycles. The highest BCUT2D eigenvalue weighted by atomic mass is 32.2. The molecule has 186 valence electrons. The molecule has 0 spiro atoms. The lowest BCUT2D eigenvalue weighted by Gasteiger charge is -2.18. The second-order valence-electron chi connectivity index (χ2n) is 7.93. The van der Waals surface area contributed by atoms with Crippen molar-refractivity contribution in [2.45, 2.75) is 17.8 Å². The van der Waals surface area contributed by atoms with Crippen LogP contribution in [0.25, 0.3) is 22.0 Å². The lowest BCUT2D eigenvalue weighted by atomic mass is 9.93. The Hall–Kier alpha value is -3.92. The smallest absolute Gasteiger partial charge is 0.340 e. The first kappa shape index (κ1) is 23.8. The Kier molecular flexibility index (Phi) is 6.60. The summed E-state index contributed by atoms with van der Waals surface area (Å²) >= 11 is 1.49. The van der Waals surface area contributed by atoms with E-state index in [2.05, 4.69) is 4.98 Å². The number of hydrogen-bond donors (Lipinski definition) is 0. The lowest BCUT2D eigenvalue weighted by molar-refractivity contribution is 0.0526. The van der Waals surface area contributed by atoms with E-state index in [9.17, 15) is 4.79 Å². The van der Waals surface area contributed by atoms with Gasteiger partial charge in [0.2, 0.25) is 6.79 Å². The summed E-state index contributed by atoms with van der Waals surface area (Å²) in [6.07, 6.45) is 3.61. The molecule has 0 fully saturated rings. The van der Waals surface area contributed by atoms with E-state index in [1.807, 2.05) is 48.1 Å². The summed E-state index contributed by atoms with van der Waals surface area (Å²) in [6, 6.07) is 9.24. The molecule has 0 aliphatic carbocycles. The van der Waals surface area contributed by atoms with Gasteiger partial charge in [0.25, 0.3) is 0 Å². The highest BCUT2D eigenvalue weighted by Gasteiger charge is 2.27. The van der Waals surface area contributed by atoms with Gasteiger partial charge in [0.1, 0.15) is 0 Å². The van der Waals surface area contributed by atoms with Crippen LogP contribution in [0.5, 0.6) is 23.0 Å². The third-order valence-corrected chi connectivity index (χ3v) is 6.89. The highest BCUT2D eigenvalue weighted by molar-refractivity contribution is 7.98. The van der Waals surface area contributed by atoms with Gasteiger partial charge < -0.3 is 28.3 Å². The summed E-state index contributed by atoms with van der Waals surface area (Å²) in [5, 5.41) is 1.55. The normalized spacial score (nSPS) is 12.1. The Balaban J connectivity index is 1.78. The molecule has 36 heavy (non-hydrogen) atoms. The predicted molar refractivity (Wildman–Crippen MR) is 135 cm³/mol. The van der Waals surface area contributed by atoms with E-state index in [-0.39, 0.29) is 13.4 Å². The van der Waals surface area contributed by atoms with Crippen molar-refractivity contribution in [2.75, 3.05) is 27.6 Å². The first-order valence-electron chi connectivity index (χ1n) is 11.3. The molecule has 1 aliphatic rings. The van der Waals surface area contributed by atoms with Crippen LogP contribution in [0.3, 0.4) is 0 Å². The molecule has 4 aromatic rings. The zero-order chi connectivity index (χ0) is 25.2. The molecule has 0 unspecified atom stereocenters. The molecule has 3 heterocycles. The van der Waals surface area contributed by atoms with Gasteiger partial charge in [-0.1, -0.05) is 17.8 Å². The molecule has 0 N–H and O–H groups in total. The van der Waals surface area contributed by atoms with Gasteiger partial charge in [-0.15, -0.1) is 0 Å². The molecule has 0 amide bonds. The lowest BCUT2D eigenvalue weighted by Crippen LogP contribution is -2.12. The number of carbonyl (C=O) groups is 1. The van der Waals surface area contributed by atoms with Crippen molar-refractivity contribution in [1.29, 1.82) is 0 Å². The van der Waals surface area contributed by atoms with Crippen LogP contribution in [-0.4, -0.2) is 48.1 Å². The molecule has 0 radical (unpaired) electrons. The van der Waals surface area contributed by atoms with Crippen LogP contribution in [0.15, 0.2) is 47.9 Å². The van der Waals surface area contributed by atoms with Gasteiger partial charge in [-0.25, -0.2) is 9.78 Å². The van der Waals surface area contributed by atoms with Crippen molar-refractivity contribution in [1.82, 2.24) is 14.5 Å². The monoisotopic (exact) mass is 507 g/mol. The molecule has 1 aliphatic heterocycles. The zero-order valence-corrected chi connectivity index (χ0v) is 21.2. The second-order valence-corrected chi connectivity index (χ2v) is 8.87. The van der Waals surface area contributed by atoms with Gasteiger partial charge in [-0.05, 0) is 30.7 Å². The largest absolute Gasteiger partial charge is 0.493 e. The van der Waals surface area contributed by atoms with Crippen molar-refractivity contribution in [3.05, 3.63) is 54.0 Å².